The number of hydrogen-bond donors (Lipinski definition) is 0. The Morgan fingerprint density at radius 1 is 1.47 bits per heavy atom. The average Bonchev–Trinajstić information content (AvgIpc) is 2.14. The molecule has 0 aromatic rings. The van der Waals surface area contributed by atoms with Gasteiger partial charge in [0.05, 0.1) is 13.0 Å². The van der Waals surface area contributed by atoms with Crippen LogP contribution in [0.25, 0.3) is 0 Å². The van der Waals surface area contributed by atoms with E-state index >= 15 is 0 Å². The summed E-state index contributed by atoms with van der Waals surface area (Å²) >= 11 is 0. The van der Waals surface area contributed by atoms with Gasteiger partial charge in [0.25, 0.3) is 0 Å². The molecule has 86 valence electrons. The fraction of sp³-hybridized carbons (Fsp3) is 0.556. The second-order valence-electron chi connectivity index (χ2n) is 2.87. The number of alkyl halides is 3. The van der Waals surface area contributed by atoms with E-state index in [9.17, 15) is 22.8 Å². The fourth-order valence-corrected chi connectivity index (χ4v) is 0.970. The molecule has 0 aliphatic carbocycles. The Morgan fingerprint density at radius 2 is 2.00 bits per heavy atom. The first-order valence-corrected chi connectivity index (χ1v) is 4.11. The van der Waals surface area contributed by atoms with E-state index in [4.69, 9.17) is 0 Å². The summed E-state index contributed by atoms with van der Waals surface area (Å²) < 4.78 is 39.9. The quantitative estimate of drug-likeness (QED) is 0.529. The van der Waals surface area contributed by atoms with Crippen LogP contribution in [0.15, 0.2) is 12.7 Å². The monoisotopic (exact) mass is 224 g/mol. The number of carbonyl (C=O) groups excluding carboxylic acids is 2. The van der Waals surface area contributed by atoms with Crippen LogP contribution in [0.3, 0.4) is 0 Å². The van der Waals surface area contributed by atoms with E-state index in [0.717, 1.165) is 7.11 Å². The summed E-state index contributed by atoms with van der Waals surface area (Å²) in [5, 5.41) is 0. The number of allylic oxidation sites excluding steroid dienone is 1. The van der Waals surface area contributed by atoms with Gasteiger partial charge in [-0.15, -0.1) is 6.58 Å². The lowest BCUT2D eigenvalue weighted by Crippen LogP contribution is -2.28. The normalized spacial score (nSPS) is 13.1. The Hall–Kier alpha value is -1.33. The molecule has 0 heterocycles. The molecule has 0 N–H and O–H groups in total. The number of ketones is 1. The maximum Gasteiger partial charge on any atom is 0.449 e. The SMILES string of the molecule is C=CCC(CC(=O)C(F)(F)F)C(=O)OC. The lowest BCUT2D eigenvalue weighted by atomic mass is 9.99. The molecule has 0 amide bonds. The molecule has 6 heteroatoms. The summed E-state index contributed by atoms with van der Waals surface area (Å²) in [6, 6.07) is 0. The molecule has 1 atom stereocenters. The second kappa shape index (κ2) is 5.53. The summed E-state index contributed by atoms with van der Waals surface area (Å²) in [5.74, 6) is -3.88. The first kappa shape index (κ1) is 13.7. The van der Waals surface area contributed by atoms with Crippen molar-refractivity contribution in [1.29, 1.82) is 0 Å². The number of Topliss-reactive ketones (excluding diaryl/α,β-unsaturated/α-hetero) is 1. The maximum atomic E-state index is 11.9. The summed E-state index contributed by atoms with van der Waals surface area (Å²) in [6.45, 7) is 3.29. The minimum Gasteiger partial charge on any atom is -0.469 e. The van der Waals surface area contributed by atoms with Gasteiger partial charge in [-0.1, -0.05) is 6.08 Å². The summed E-state index contributed by atoms with van der Waals surface area (Å²) in [5.41, 5.74) is 0. The maximum absolute atomic E-state index is 11.9. The van der Waals surface area contributed by atoms with E-state index in [2.05, 4.69) is 11.3 Å². The van der Waals surface area contributed by atoms with E-state index < -0.39 is 30.3 Å². The predicted molar refractivity (Wildman–Crippen MR) is 46.0 cm³/mol. The van der Waals surface area contributed by atoms with E-state index in [1.807, 2.05) is 0 Å². The lowest BCUT2D eigenvalue weighted by molar-refractivity contribution is -0.173. The minimum atomic E-state index is -4.91. The molecule has 0 fully saturated rings. The van der Waals surface area contributed by atoms with Gasteiger partial charge in [0.2, 0.25) is 5.78 Å². The van der Waals surface area contributed by atoms with Crippen molar-refractivity contribution in [3.8, 4) is 0 Å². The van der Waals surface area contributed by atoms with Gasteiger partial charge >= 0.3 is 12.1 Å². The molecule has 0 bridgehead atoms. The van der Waals surface area contributed by atoms with Crippen LogP contribution in [-0.4, -0.2) is 25.0 Å². The van der Waals surface area contributed by atoms with Crippen LogP contribution in [0, 0.1) is 5.92 Å². The number of ether oxygens (including phenoxy) is 1. The molecule has 1 unspecified atom stereocenters. The highest BCUT2D eigenvalue weighted by atomic mass is 19.4. The van der Waals surface area contributed by atoms with Crippen molar-refractivity contribution in [3.05, 3.63) is 12.7 Å². The lowest BCUT2D eigenvalue weighted by Gasteiger charge is -2.12. The summed E-state index contributed by atoms with van der Waals surface area (Å²) in [6.07, 6.45) is -4.56. The van der Waals surface area contributed by atoms with Crippen molar-refractivity contribution in [2.75, 3.05) is 7.11 Å². The number of carbonyl (C=O) groups is 2. The van der Waals surface area contributed by atoms with Crippen LogP contribution in [0.4, 0.5) is 13.2 Å². The second-order valence-corrected chi connectivity index (χ2v) is 2.87. The molecule has 0 rings (SSSR count). The Morgan fingerprint density at radius 3 is 2.33 bits per heavy atom. The number of hydrogen-bond acceptors (Lipinski definition) is 3. The molecule has 0 aromatic heterocycles. The number of esters is 1. The van der Waals surface area contributed by atoms with Crippen molar-refractivity contribution < 1.29 is 27.5 Å². The van der Waals surface area contributed by atoms with Gasteiger partial charge in [-0.3, -0.25) is 9.59 Å². The predicted octanol–water partition coefficient (Wildman–Crippen LogP) is 1.87. The highest BCUT2D eigenvalue weighted by Crippen LogP contribution is 2.22. The Balaban J connectivity index is 4.48. The van der Waals surface area contributed by atoms with Crippen LogP contribution in [-0.2, 0) is 14.3 Å². The van der Waals surface area contributed by atoms with Crippen LogP contribution >= 0.6 is 0 Å². The van der Waals surface area contributed by atoms with E-state index in [-0.39, 0.29) is 6.42 Å². The third kappa shape index (κ3) is 4.62. The van der Waals surface area contributed by atoms with Crippen LogP contribution in [0.5, 0.6) is 0 Å². The molecule has 0 aliphatic heterocycles. The first-order chi connectivity index (χ1) is 6.82. The van der Waals surface area contributed by atoms with Crippen molar-refractivity contribution in [2.24, 2.45) is 5.92 Å². The zero-order valence-electron chi connectivity index (χ0n) is 8.13. The topological polar surface area (TPSA) is 43.4 Å². The molecular formula is C9H11F3O3. The van der Waals surface area contributed by atoms with Crippen LogP contribution in [0.2, 0.25) is 0 Å². The summed E-state index contributed by atoms with van der Waals surface area (Å²) in [7, 11) is 1.05. The van der Waals surface area contributed by atoms with E-state index in [0.29, 0.717) is 0 Å². The summed E-state index contributed by atoms with van der Waals surface area (Å²) in [4.78, 5) is 21.6. The minimum absolute atomic E-state index is 0.0194. The Kier molecular flexibility index (Phi) is 5.04. The van der Waals surface area contributed by atoms with Crippen molar-refractivity contribution in [1.82, 2.24) is 0 Å². The Labute approximate surface area is 84.9 Å². The fourth-order valence-electron chi connectivity index (χ4n) is 0.970. The van der Waals surface area contributed by atoms with Crippen molar-refractivity contribution in [2.45, 2.75) is 19.0 Å². The molecule has 0 aliphatic rings. The molecular weight excluding hydrogens is 213 g/mol. The van der Waals surface area contributed by atoms with Crippen molar-refractivity contribution >= 4 is 11.8 Å². The molecule has 0 saturated heterocycles. The third-order valence-electron chi connectivity index (χ3n) is 1.73. The zero-order valence-corrected chi connectivity index (χ0v) is 8.13. The van der Waals surface area contributed by atoms with Gasteiger partial charge < -0.3 is 4.74 Å². The number of methoxy groups -OCH3 is 1. The highest BCUT2D eigenvalue weighted by Gasteiger charge is 2.40. The average molecular weight is 224 g/mol. The third-order valence-corrected chi connectivity index (χ3v) is 1.73. The molecule has 0 aromatic carbocycles. The Bertz CT molecular complexity index is 258. The van der Waals surface area contributed by atoms with Gasteiger partial charge in [0.15, 0.2) is 0 Å². The van der Waals surface area contributed by atoms with E-state index in [1.165, 1.54) is 6.08 Å². The smallest absolute Gasteiger partial charge is 0.449 e. The van der Waals surface area contributed by atoms with Gasteiger partial charge in [0, 0.05) is 6.42 Å². The number of halogens is 3. The molecule has 0 radical (unpaired) electrons. The first-order valence-electron chi connectivity index (χ1n) is 4.11. The van der Waals surface area contributed by atoms with Gasteiger partial charge in [0.1, 0.15) is 0 Å². The van der Waals surface area contributed by atoms with Gasteiger partial charge in [-0.05, 0) is 6.42 Å². The van der Waals surface area contributed by atoms with Gasteiger partial charge in [-0.25, -0.2) is 0 Å². The van der Waals surface area contributed by atoms with Crippen LogP contribution < -0.4 is 0 Å². The molecule has 3 nitrogen and oxygen atoms in total. The van der Waals surface area contributed by atoms with Crippen LogP contribution in [0.1, 0.15) is 12.8 Å². The van der Waals surface area contributed by atoms with Gasteiger partial charge in [-0.2, -0.15) is 13.2 Å². The zero-order chi connectivity index (χ0) is 12.1. The number of rotatable bonds is 5. The standard InChI is InChI=1S/C9H11F3O3/c1-3-4-6(8(14)15-2)5-7(13)9(10,11)12/h3,6H,1,4-5H2,2H3. The largest absolute Gasteiger partial charge is 0.469 e. The van der Waals surface area contributed by atoms with E-state index in [1.54, 1.807) is 0 Å². The highest BCUT2D eigenvalue weighted by molar-refractivity contribution is 5.88. The van der Waals surface area contributed by atoms with Crippen molar-refractivity contribution in [3.63, 3.8) is 0 Å². The molecule has 0 saturated carbocycles. The molecule has 0 spiro atoms. The molecule has 15 heavy (non-hydrogen) atoms.